The van der Waals surface area contributed by atoms with Crippen LogP contribution in [-0.4, -0.2) is 26.3 Å². The van der Waals surface area contributed by atoms with Crippen molar-refractivity contribution in [3.05, 3.63) is 70.5 Å². The number of carbonyl (C=O) groups excluding carboxylic acids is 1. The molecule has 25 heavy (non-hydrogen) atoms. The molecule has 1 aromatic heterocycles. The average molecular weight is 351 g/mol. The Morgan fingerprint density at radius 1 is 1.00 bits per heavy atom. The summed E-state index contributed by atoms with van der Waals surface area (Å²) in [5.41, 5.74) is 6.48. The van der Waals surface area contributed by atoms with Gasteiger partial charge in [0, 0.05) is 5.56 Å². The monoisotopic (exact) mass is 351 g/mol. The zero-order valence-corrected chi connectivity index (χ0v) is 15.7. The molecule has 0 spiro atoms. The third-order valence-electron chi connectivity index (χ3n) is 4.29. The van der Waals surface area contributed by atoms with Gasteiger partial charge in [-0.05, 0) is 56.5 Å². The van der Waals surface area contributed by atoms with Crippen LogP contribution >= 0.6 is 11.8 Å². The highest BCUT2D eigenvalue weighted by Crippen LogP contribution is 2.23. The molecule has 0 aliphatic rings. The maximum absolute atomic E-state index is 12.5. The fourth-order valence-corrected chi connectivity index (χ4v) is 3.51. The minimum absolute atomic E-state index is 0.100. The fourth-order valence-electron chi connectivity index (χ4n) is 2.69. The van der Waals surface area contributed by atoms with E-state index in [1.807, 2.05) is 36.6 Å². The Labute approximate surface area is 152 Å². The summed E-state index contributed by atoms with van der Waals surface area (Å²) in [7, 11) is 0. The molecule has 3 aromatic rings. The van der Waals surface area contributed by atoms with E-state index in [9.17, 15) is 4.79 Å². The normalized spacial score (nSPS) is 10.9. The number of hydrogen-bond acceptors (Lipinski definition) is 4. The molecule has 0 aliphatic carbocycles. The van der Waals surface area contributed by atoms with Gasteiger partial charge in [0.2, 0.25) is 0 Å². The fraction of sp³-hybridized carbons (Fsp3) is 0.250. The van der Waals surface area contributed by atoms with Gasteiger partial charge in [-0.2, -0.15) is 0 Å². The van der Waals surface area contributed by atoms with Crippen molar-refractivity contribution >= 4 is 17.5 Å². The van der Waals surface area contributed by atoms with Gasteiger partial charge in [-0.25, -0.2) is 0 Å². The van der Waals surface area contributed by atoms with Gasteiger partial charge in [0.05, 0.1) is 11.4 Å². The Morgan fingerprint density at radius 2 is 1.80 bits per heavy atom. The molecule has 0 N–H and O–H groups in total. The lowest BCUT2D eigenvalue weighted by Gasteiger charge is -2.10. The van der Waals surface area contributed by atoms with Gasteiger partial charge in [0.1, 0.15) is 6.33 Å². The smallest absolute Gasteiger partial charge is 0.196 e. The average Bonchev–Trinajstić information content (AvgIpc) is 3.03. The number of aryl methyl sites for hydroxylation is 4. The predicted octanol–water partition coefficient (Wildman–Crippen LogP) is 4.48. The van der Waals surface area contributed by atoms with Crippen LogP contribution in [0.1, 0.15) is 32.6 Å². The number of aromatic nitrogens is 3. The molecule has 0 amide bonds. The maximum atomic E-state index is 12.5. The number of hydrogen-bond donors (Lipinski definition) is 0. The van der Waals surface area contributed by atoms with E-state index in [0.29, 0.717) is 5.75 Å². The molecule has 3 rings (SSSR count). The highest BCUT2D eigenvalue weighted by molar-refractivity contribution is 7.99. The molecule has 0 bridgehead atoms. The summed E-state index contributed by atoms with van der Waals surface area (Å²) in [5.74, 6) is 0.440. The van der Waals surface area contributed by atoms with Crippen molar-refractivity contribution in [3.63, 3.8) is 0 Å². The zero-order chi connectivity index (χ0) is 18.0. The van der Waals surface area contributed by atoms with Gasteiger partial charge in [-0.3, -0.25) is 9.36 Å². The molecule has 2 aromatic carbocycles. The number of benzene rings is 2. The van der Waals surface area contributed by atoms with Crippen molar-refractivity contribution in [2.24, 2.45) is 0 Å². The maximum Gasteiger partial charge on any atom is 0.196 e. The van der Waals surface area contributed by atoms with Crippen LogP contribution < -0.4 is 0 Å². The lowest BCUT2D eigenvalue weighted by atomic mass is 10.0. The van der Waals surface area contributed by atoms with Crippen LogP contribution in [0.15, 0.2) is 47.9 Å². The third kappa shape index (κ3) is 3.82. The Bertz CT molecular complexity index is 930. The Balaban J connectivity index is 1.77. The van der Waals surface area contributed by atoms with Crippen LogP contribution in [-0.2, 0) is 0 Å². The molecule has 0 aliphatic heterocycles. The number of rotatable bonds is 5. The lowest BCUT2D eigenvalue weighted by molar-refractivity contribution is 0.102. The van der Waals surface area contributed by atoms with Crippen molar-refractivity contribution < 1.29 is 4.79 Å². The van der Waals surface area contributed by atoms with E-state index in [4.69, 9.17) is 0 Å². The molecular weight excluding hydrogens is 330 g/mol. The van der Waals surface area contributed by atoms with Crippen molar-refractivity contribution in [1.82, 2.24) is 14.8 Å². The molecule has 0 saturated heterocycles. The largest absolute Gasteiger partial charge is 0.293 e. The molecule has 0 unspecified atom stereocenters. The molecule has 1 heterocycles. The summed E-state index contributed by atoms with van der Waals surface area (Å²) in [6.45, 7) is 8.21. The molecule has 0 atom stereocenters. The second-order valence-corrected chi connectivity index (χ2v) is 7.23. The van der Waals surface area contributed by atoms with E-state index in [0.717, 1.165) is 27.5 Å². The van der Waals surface area contributed by atoms with E-state index in [1.165, 1.54) is 22.9 Å². The van der Waals surface area contributed by atoms with Crippen molar-refractivity contribution in [1.29, 1.82) is 0 Å². The lowest BCUT2D eigenvalue weighted by Crippen LogP contribution is -2.05. The molecule has 0 radical (unpaired) electrons. The standard InChI is InChI=1S/C20H21N3OS/c1-13-5-8-18(16(4)9-13)23-12-21-22-20(23)25-11-19(24)17-7-6-14(2)15(3)10-17/h5-10,12H,11H2,1-4H3. The SMILES string of the molecule is Cc1ccc(-n2cnnc2SCC(=O)c2ccc(C)c(C)c2)c(C)c1. The van der Waals surface area contributed by atoms with Crippen LogP contribution in [0.25, 0.3) is 5.69 Å². The van der Waals surface area contributed by atoms with Crippen molar-refractivity contribution in [3.8, 4) is 5.69 Å². The highest BCUT2D eigenvalue weighted by atomic mass is 32.2. The molecule has 5 heteroatoms. The molecule has 0 saturated carbocycles. The first kappa shape index (κ1) is 17.4. The van der Waals surface area contributed by atoms with Gasteiger partial charge in [-0.1, -0.05) is 41.6 Å². The minimum atomic E-state index is 0.100. The number of Topliss-reactive ketones (excluding diaryl/α,β-unsaturated/α-hetero) is 1. The minimum Gasteiger partial charge on any atom is -0.293 e. The van der Waals surface area contributed by atoms with Gasteiger partial charge >= 0.3 is 0 Å². The number of ketones is 1. The molecule has 128 valence electrons. The zero-order valence-electron chi connectivity index (χ0n) is 14.9. The van der Waals surface area contributed by atoms with E-state index in [-0.39, 0.29) is 5.78 Å². The highest BCUT2D eigenvalue weighted by Gasteiger charge is 2.13. The van der Waals surface area contributed by atoms with E-state index >= 15 is 0 Å². The van der Waals surface area contributed by atoms with Crippen molar-refractivity contribution in [2.75, 3.05) is 5.75 Å². The first-order valence-corrected chi connectivity index (χ1v) is 9.15. The van der Waals surface area contributed by atoms with Crippen LogP contribution in [0.3, 0.4) is 0 Å². The molecule has 0 fully saturated rings. The van der Waals surface area contributed by atoms with Crippen LogP contribution in [0.4, 0.5) is 0 Å². The third-order valence-corrected chi connectivity index (χ3v) is 5.23. The van der Waals surface area contributed by atoms with Gasteiger partial charge < -0.3 is 0 Å². The second-order valence-electron chi connectivity index (χ2n) is 6.28. The molecule has 4 nitrogen and oxygen atoms in total. The summed E-state index contributed by atoms with van der Waals surface area (Å²) >= 11 is 1.41. The predicted molar refractivity (Wildman–Crippen MR) is 102 cm³/mol. The van der Waals surface area contributed by atoms with Crippen LogP contribution in [0.5, 0.6) is 0 Å². The van der Waals surface area contributed by atoms with E-state index in [2.05, 4.69) is 42.2 Å². The number of nitrogens with zero attached hydrogens (tertiary/aromatic N) is 3. The Kier molecular flexibility index (Phi) is 5.04. The molecular formula is C20H21N3OS. The summed E-state index contributed by atoms with van der Waals surface area (Å²) in [5, 5.41) is 8.92. The Hall–Kier alpha value is -2.40. The first-order valence-electron chi connectivity index (χ1n) is 8.16. The van der Waals surface area contributed by atoms with E-state index < -0.39 is 0 Å². The summed E-state index contributed by atoms with van der Waals surface area (Å²) < 4.78 is 1.94. The Morgan fingerprint density at radius 3 is 2.52 bits per heavy atom. The second kappa shape index (κ2) is 7.23. The number of thioether (sulfide) groups is 1. The van der Waals surface area contributed by atoms with Crippen molar-refractivity contribution in [2.45, 2.75) is 32.9 Å². The summed E-state index contributed by atoms with van der Waals surface area (Å²) in [4.78, 5) is 12.5. The topological polar surface area (TPSA) is 47.8 Å². The van der Waals surface area contributed by atoms with Gasteiger partial charge in [0.15, 0.2) is 10.9 Å². The van der Waals surface area contributed by atoms with Gasteiger partial charge in [0.25, 0.3) is 0 Å². The summed E-state index contributed by atoms with van der Waals surface area (Å²) in [6, 6.07) is 12.1. The quantitative estimate of drug-likeness (QED) is 0.502. The van der Waals surface area contributed by atoms with E-state index in [1.54, 1.807) is 6.33 Å². The van der Waals surface area contributed by atoms with Crippen LogP contribution in [0.2, 0.25) is 0 Å². The number of carbonyl (C=O) groups is 1. The first-order chi connectivity index (χ1) is 12.0. The van der Waals surface area contributed by atoms with Crippen LogP contribution in [0, 0.1) is 27.7 Å². The van der Waals surface area contributed by atoms with Gasteiger partial charge in [-0.15, -0.1) is 10.2 Å². The summed E-state index contributed by atoms with van der Waals surface area (Å²) in [6.07, 6.45) is 1.69.